The molecule has 0 saturated heterocycles. The van der Waals surface area contributed by atoms with Crippen molar-refractivity contribution in [2.45, 2.75) is 187 Å². The van der Waals surface area contributed by atoms with E-state index in [4.69, 9.17) is 9.84 Å². The van der Waals surface area contributed by atoms with Gasteiger partial charge >= 0.3 is 11.9 Å². The fourth-order valence-corrected chi connectivity index (χ4v) is 4.92. The number of ether oxygens (including phenoxy) is 1. The van der Waals surface area contributed by atoms with Gasteiger partial charge in [-0.25, -0.2) is 0 Å². The maximum atomic E-state index is 12.5. The predicted octanol–water partition coefficient (Wildman–Crippen LogP) is 11.3. The van der Waals surface area contributed by atoms with Crippen LogP contribution < -0.4 is 0 Å². The van der Waals surface area contributed by atoms with Gasteiger partial charge in [-0.15, -0.1) is 0 Å². The van der Waals surface area contributed by atoms with Crippen molar-refractivity contribution >= 4 is 11.9 Å². The lowest BCUT2D eigenvalue weighted by molar-refractivity contribution is -0.150. The van der Waals surface area contributed by atoms with E-state index in [1.54, 1.807) is 0 Å². The molecule has 1 unspecified atom stereocenters. The average Bonchev–Trinajstić information content (AvgIpc) is 2.91. The lowest BCUT2D eigenvalue weighted by Gasteiger charge is -2.18. The summed E-state index contributed by atoms with van der Waals surface area (Å²) in [7, 11) is 0. The molecule has 0 fully saturated rings. The van der Waals surface area contributed by atoms with Crippen LogP contribution in [-0.4, -0.2) is 23.1 Å². The summed E-state index contributed by atoms with van der Waals surface area (Å²) in [5.41, 5.74) is 0. The van der Waals surface area contributed by atoms with Gasteiger partial charge in [-0.05, 0) is 64.2 Å². The number of unbranched alkanes of at least 4 members (excludes halogenated alkanes) is 17. The zero-order chi connectivity index (χ0) is 28.7. The molecule has 0 aliphatic carbocycles. The summed E-state index contributed by atoms with van der Waals surface area (Å²) in [6.07, 6.45) is 37.5. The van der Waals surface area contributed by atoms with Crippen LogP contribution in [0.1, 0.15) is 181 Å². The highest BCUT2D eigenvalue weighted by atomic mass is 16.5. The van der Waals surface area contributed by atoms with E-state index in [1.807, 2.05) is 0 Å². The Morgan fingerprint density at radius 2 is 1.03 bits per heavy atom. The van der Waals surface area contributed by atoms with Gasteiger partial charge < -0.3 is 9.84 Å². The van der Waals surface area contributed by atoms with E-state index >= 15 is 0 Å². The molecule has 0 aliphatic heterocycles. The minimum absolute atomic E-state index is 0.0200. The highest BCUT2D eigenvalue weighted by molar-refractivity contribution is 5.69. The molecule has 0 aromatic rings. The first-order chi connectivity index (χ1) is 19.1. The van der Waals surface area contributed by atoms with E-state index in [-0.39, 0.29) is 18.5 Å². The highest BCUT2D eigenvalue weighted by Crippen LogP contribution is 2.17. The smallest absolute Gasteiger partial charge is 0.306 e. The quantitative estimate of drug-likeness (QED) is 0.0550. The molecule has 0 aromatic heterocycles. The molecule has 1 N–H and O–H groups in total. The fourth-order valence-electron chi connectivity index (χ4n) is 4.92. The molecule has 0 bridgehead atoms. The number of hydrogen-bond acceptors (Lipinski definition) is 3. The number of carboxylic acid groups (broad SMARTS) is 1. The van der Waals surface area contributed by atoms with Gasteiger partial charge in [0.2, 0.25) is 0 Å². The van der Waals surface area contributed by atoms with E-state index in [0.717, 1.165) is 77.0 Å². The summed E-state index contributed by atoms with van der Waals surface area (Å²) >= 11 is 0. The second-order valence-corrected chi connectivity index (χ2v) is 11.3. The van der Waals surface area contributed by atoms with Crippen LogP contribution in [0, 0.1) is 0 Å². The minimum atomic E-state index is -0.707. The van der Waals surface area contributed by atoms with Crippen molar-refractivity contribution in [2.24, 2.45) is 0 Å². The molecule has 0 aliphatic rings. The van der Waals surface area contributed by atoms with Crippen molar-refractivity contribution in [1.82, 2.24) is 0 Å². The zero-order valence-corrected chi connectivity index (χ0v) is 25.9. The molecule has 1 atom stereocenters. The van der Waals surface area contributed by atoms with Crippen LogP contribution >= 0.6 is 0 Å². The standard InChI is InChI=1S/C35H64O4/c1-3-5-7-9-11-13-14-15-16-17-18-21-25-29-33(30-26-22-20-23-27-31-34(36)37)39-35(38)32-28-24-19-12-10-8-6-4-2/h14-15,17-18,33H,3-13,16,19-32H2,1-2H3,(H,36,37)/b15-14-,18-17-. The van der Waals surface area contributed by atoms with Crippen molar-refractivity contribution < 1.29 is 19.4 Å². The van der Waals surface area contributed by atoms with E-state index in [2.05, 4.69) is 38.2 Å². The van der Waals surface area contributed by atoms with Gasteiger partial charge in [-0.1, -0.05) is 128 Å². The Kier molecular flexibility index (Phi) is 29.7. The average molecular weight is 549 g/mol. The highest BCUT2D eigenvalue weighted by Gasteiger charge is 2.14. The topological polar surface area (TPSA) is 63.6 Å². The summed E-state index contributed by atoms with van der Waals surface area (Å²) < 4.78 is 5.92. The molecular formula is C35H64O4. The van der Waals surface area contributed by atoms with Gasteiger partial charge in [0.15, 0.2) is 0 Å². The fraction of sp³-hybridized carbons (Fsp3) is 0.829. The molecule has 4 heteroatoms. The summed E-state index contributed by atoms with van der Waals surface area (Å²) in [5.74, 6) is -0.732. The van der Waals surface area contributed by atoms with Crippen LogP contribution in [0.25, 0.3) is 0 Å². The Bertz CT molecular complexity index is 595. The molecule has 228 valence electrons. The Balaban J connectivity index is 4.17. The van der Waals surface area contributed by atoms with Gasteiger partial charge in [0.25, 0.3) is 0 Å². The first kappa shape index (κ1) is 37.4. The van der Waals surface area contributed by atoms with E-state index < -0.39 is 5.97 Å². The predicted molar refractivity (Wildman–Crippen MR) is 167 cm³/mol. The molecule has 0 rings (SSSR count). The number of carbonyl (C=O) groups is 2. The number of rotatable bonds is 30. The third-order valence-corrected chi connectivity index (χ3v) is 7.43. The molecule has 0 heterocycles. The molecule has 0 aromatic carbocycles. The largest absolute Gasteiger partial charge is 0.481 e. The van der Waals surface area contributed by atoms with Crippen LogP contribution in [0.15, 0.2) is 24.3 Å². The summed E-state index contributed by atoms with van der Waals surface area (Å²) in [6.45, 7) is 4.50. The van der Waals surface area contributed by atoms with Crippen LogP contribution in [0.4, 0.5) is 0 Å². The number of esters is 1. The van der Waals surface area contributed by atoms with Crippen molar-refractivity contribution in [3.05, 3.63) is 24.3 Å². The molecule has 0 radical (unpaired) electrons. The van der Waals surface area contributed by atoms with E-state index in [1.165, 1.54) is 77.0 Å². The Morgan fingerprint density at radius 3 is 1.62 bits per heavy atom. The molecule has 39 heavy (non-hydrogen) atoms. The van der Waals surface area contributed by atoms with Crippen molar-refractivity contribution in [3.8, 4) is 0 Å². The van der Waals surface area contributed by atoms with Gasteiger partial charge in [0, 0.05) is 12.8 Å². The summed E-state index contributed by atoms with van der Waals surface area (Å²) in [6, 6.07) is 0. The number of carboxylic acids is 1. The van der Waals surface area contributed by atoms with E-state index in [9.17, 15) is 9.59 Å². The Hall–Kier alpha value is -1.58. The third-order valence-electron chi connectivity index (χ3n) is 7.43. The van der Waals surface area contributed by atoms with Crippen LogP contribution in [0.2, 0.25) is 0 Å². The molecule has 4 nitrogen and oxygen atoms in total. The summed E-state index contributed by atoms with van der Waals surface area (Å²) in [5, 5.41) is 8.77. The maximum Gasteiger partial charge on any atom is 0.306 e. The lowest BCUT2D eigenvalue weighted by atomic mass is 10.0. The number of carbonyl (C=O) groups excluding carboxylic acids is 1. The monoisotopic (exact) mass is 548 g/mol. The first-order valence-electron chi connectivity index (χ1n) is 16.8. The van der Waals surface area contributed by atoms with Crippen molar-refractivity contribution in [3.63, 3.8) is 0 Å². The van der Waals surface area contributed by atoms with Crippen molar-refractivity contribution in [2.75, 3.05) is 0 Å². The number of allylic oxidation sites excluding steroid dienone is 4. The second kappa shape index (κ2) is 31.0. The maximum absolute atomic E-state index is 12.5. The molecular weight excluding hydrogens is 484 g/mol. The van der Waals surface area contributed by atoms with Gasteiger partial charge in [-0.3, -0.25) is 9.59 Å². The van der Waals surface area contributed by atoms with Gasteiger partial charge in [0.05, 0.1) is 0 Å². The number of hydrogen-bond donors (Lipinski definition) is 1. The van der Waals surface area contributed by atoms with Crippen molar-refractivity contribution in [1.29, 1.82) is 0 Å². The molecule has 0 spiro atoms. The van der Waals surface area contributed by atoms with Crippen LogP contribution in [-0.2, 0) is 14.3 Å². The Morgan fingerprint density at radius 1 is 0.564 bits per heavy atom. The molecule has 0 amide bonds. The van der Waals surface area contributed by atoms with Crippen LogP contribution in [0.5, 0.6) is 0 Å². The van der Waals surface area contributed by atoms with Gasteiger partial charge in [-0.2, -0.15) is 0 Å². The number of aliphatic carboxylic acids is 1. The molecule has 0 saturated carbocycles. The lowest BCUT2D eigenvalue weighted by Crippen LogP contribution is -2.18. The Labute approximate surface area is 242 Å². The first-order valence-corrected chi connectivity index (χ1v) is 16.8. The normalized spacial score (nSPS) is 12.5. The van der Waals surface area contributed by atoms with Crippen LogP contribution in [0.3, 0.4) is 0 Å². The zero-order valence-electron chi connectivity index (χ0n) is 25.9. The van der Waals surface area contributed by atoms with Gasteiger partial charge in [0.1, 0.15) is 6.10 Å². The van der Waals surface area contributed by atoms with E-state index in [0.29, 0.717) is 6.42 Å². The third kappa shape index (κ3) is 30.8. The SMILES string of the molecule is CCCCCCC/C=C\C/C=C\CCCC(CCCCCCCC(=O)O)OC(=O)CCCCCCCCCC. The second-order valence-electron chi connectivity index (χ2n) is 11.3. The minimum Gasteiger partial charge on any atom is -0.481 e. The summed E-state index contributed by atoms with van der Waals surface area (Å²) in [4.78, 5) is 23.2.